The highest BCUT2D eigenvalue weighted by molar-refractivity contribution is 8.00. The molecule has 0 radical (unpaired) electrons. The maximum absolute atomic E-state index is 12.5. The van der Waals surface area contributed by atoms with Crippen LogP contribution >= 0.6 is 11.8 Å². The number of benzene rings is 2. The van der Waals surface area contributed by atoms with Crippen molar-refractivity contribution in [1.29, 1.82) is 0 Å². The molecule has 2 aromatic rings. The molecule has 0 spiro atoms. The zero-order chi connectivity index (χ0) is 22.6. The summed E-state index contributed by atoms with van der Waals surface area (Å²) in [7, 11) is -4.35. The molecule has 0 unspecified atom stereocenters. The van der Waals surface area contributed by atoms with E-state index in [4.69, 9.17) is 5.14 Å². The smallest absolute Gasteiger partial charge is 0.407 e. The molecule has 31 heavy (non-hydrogen) atoms. The van der Waals surface area contributed by atoms with Crippen molar-refractivity contribution in [1.82, 2.24) is 4.90 Å². The summed E-state index contributed by atoms with van der Waals surface area (Å²) in [5.74, 6) is 0. The van der Waals surface area contributed by atoms with Gasteiger partial charge in [-0.2, -0.15) is 8.42 Å². The maximum Gasteiger partial charge on any atom is 0.407 e. The van der Waals surface area contributed by atoms with E-state index in [2.05, 4.69) is 0 Å². The number of amides is 1. The highest BCUT2D eigenvalue weighted by atomic mass is 32.2. The van der Waals surface area contributed by atoms with Crippen molar-refractivity contribution in [3.63, 3.8) is 0 Å². The van der Waals surface area contributed by atoms with Crippen LogP contribution in [0.5, 0.6) is 0 Å². The molecule has 0 bridgehead atoms. The second-order valence-corrected chi connectivity index (χ2v) is 10.2. The van der Waals surface area contributed by atoms with E-state index >= 15 is 0 Å². The number of nitrogens with two attached hydrogens (primary N) is 1. The summed E-state index contributed by atoms with van der Waals surface area (Å²) >= 11 is 1.43. The Morgan fingerprint density at radius 2 is 1.74 bits per heavy atom. The fourth-order valence-corrected chi connectivity index (χ4v) is 5.85. The van der Waals surface area contributed by atoms with Crippen LogP contribution in [0, 0.1) is 10.1 Å². The first kappa shape index (κ1) is 22.8. The van der Waals surface area contributed by atoms with Gasteiger partial charge in [-0.3, -0.25) is 10.1 Å². The van der Waals surface area contributed by atoms with Crippen LogP contribution in [-0.4, -0.2) is 53.8 Å². The number of nitro benzene ring substituents is 1. The summed E-state index contributed by atoms with van der Waals surface area (Å²) in [6.45, 7) is 0.290. The summed E-state index contributed by atoms with van der Waals surface area (Å²) in [4.78, 5) is 24.4. The Balaban J connectivity index is 2.02. The highest BCUT2D eigenvalue weighted by Crippen LogP contribution is 2.43. The molecule has 0 atom stereocenters. The van der Waals surface area contributed by atoms with Crippen molar-refractivity contribution in [3.8, 4) is 0 Å². The number of para-hydroxylation sites is 2. The summed E-state index contributed by atoms with van der Waals surface area (Å²) in [6.07, 6.45) is -0.336. The van der Waals surface area contributed by atoms with E-state index in [0.29, 0.717) is 12.8 Å². The van der Waals surface area contributed by atoms with Gasteiger partial charge in [0.25, 0.3) is 15.9 Å². The van der Waals surface area contributed by atoms with Gasteiger partial charge in [0.1, 0.15) is 5.69 Å². The van der Waals surface area contributed by atoms with Gasteiger partial charge >= 0.3 is 6.09 Å². The molecule has 166 valence electrons. The van der Waals surface area contributed by atoms with Crippen LogP contribution in [0.3, 0.4) is 0 Å². The van der Waals surface area contributed by atoms with E-state index < -0.39 is 26.0 Å². The molecule has 1 aliphatic rings. The lowest BCUT2D eigenvalue weighted by atomic mass is 9.95. The molecule has 0 saturated carbocycles. The van der Waals surface area contributed by atoms with Gasteiger partial charge < -0.3 is 10.0 Å². The molecule has 1 heterocycles. The van der Waals surface area contributed by atoms with Gasteiger partial charge in [0.15, 0.2) is 0 Å². The van der Waals surface area contributed by atoms with Crippen molar-refractivity contribution in [2.45, 2.75) is 22.5 Å². The Morgan fingerprint density at radius 1 is 1.16 bits per heavy atom. The lowest BCUT2D eigenvalue weighted by Crippen LogP contribution is -2.52. The first-order valence-electron chi connectivity index (χ1n) is 9.37. The van der Waals surface area contributed by atoms with Gasteiger partial charge in [0.2, 0.25) is 0 Å². The lowest BCUT2D eigenvalue weighted by molar-refractivity contribution is -0.384. The summed E-state index contributed by atoms with van der Waals surface area (Å²) in [5, 5.41) is 26.3. The fraction of sp³-hybridized carbons (Fsp3) is 0.316. The monoisotopic (exact) mass is 466 g/mol. The molecule has 3 rings (SSSR count). The van der Waals surface area contributed by atoms with E-state index in [1.165, 1.54) is 40.9 Å². The quantitative estimate of drug-likeness (QED) is 0.471. The maximum atomic E-state index is 12.5. The largest absolute Gasteiger partial charge is 0.465 e. The van der Waals surface area contributed by atoms with Crippen LogP contribution in [0.15, 0.2) is 59.5 Å². The van der Waals surface area contributed by atoms with Crippen molar-refractivity contribution in [3.05, 3.63) is 64.7 Å². The van der Waals surface area contributed by atoms with Crippen molar-refractivity contribution in [2.24, 2.45) is 5.14 Å². The van der Waals surface area contributed by atoms with Crippen LogP contribution in [0.4, 0.5) is 16.2 Å². The molecule has 1 amide bonds. The van der Waals surface area contributed by atoms with Crippen molar-refractivity contribution in [2.75, 3.05) is 23.9 Å². The van der Waals surface area contributed by atoms with Gasteiger partial charge in [-0.1, -0.05) is 30.3 Å². The number of nitro groups is 1. The van der Waals surface area contributed by atoms with E-state index in [1.54, 1.807) is 0 Å². The molecular weight excluding hydrogens is 444 g/mol. The molecule has 2 aromatic carbocycles. The summed E-state index contributed by atoms with van der Waals surface area (Å²) in [5.41, 5.74) is -0.497. The van der Waals surface area contributed by atoms with Crippen LogP contribution in [0.1, 0.15) is 12.8 Å². The predicted molar refractivity (Wildman–Crippen MR) is 117 cm³/mol. The normalized spacial score (nSPS) is 16.0. The minimum atomic E-state index is -4.35. The Kier molecular flexibility index (Phi) is 6.72. The lowest BCUT2D eigenvalue weighted by Gasteiger charge is -2.42. The standard InChI is InChI=1S/C19H22N4O6S2/c20-31(28,29)22(16-8-4-5-9-17(16)23(26)27)14-19(30-15-6-2-1-3-7-15)10-12-21(13-11-19)18(24)25/h1-9H,10-14H2,(H,24,25)(H2,20,28,29). The third-order valence-corrected chi connectivity index (χ3v) is 7.53. The van der Waals surface area contributed by atoms with Crippen LogP contribution in [-0.2, 0) is 10.2 Å². The van der Waals surface area contributed by atoms with E-state index in [9.17, 15) is 28.4 Å². The number of anilines is 1. The first-order valence-corrected chi connectivity index (χ1v) is 11.7. The van der Waals surface area contributed by atoms with Gasteiger partial charge in [-0.05, 0) is 31.0 Å². The molecule has 0 aliphatic carbocycles. The Morgan fingerprint density at radius 3 is 2.29 bits per heavy atom. The van der Waals surface area contributed by atoms with E-state index in [-0.39, 0.29) is 31.0 Å². The van der Waals surface area contributed by atoms with Gasteiger partial charge in [-0.25, -0.2) is 14.2 Å². The summed E-state index contributed by atoms with van der Waals surface area (Å²) < 4.78 is 25.2. The molecule has 1 fully saturated rings. The highest BCUT2D eigenvalue weighted by Gasteiger charge is 2.42. The molecule has 3 N–H and O–H groups in total. The third kappa shape index (κ3) is 5.46. The average molecular weight is 467 g/mol. The number of carboxylic acid groups (broad SMARTS) is 1. The number of likely N-dealkylation sites (tertiary alicyclic amines) is 1. The molecule has 1 aliphatic heterocycles. The Bertz CT molecular complexity index is 1060. The number of nitrogens with zero attached hydrogens (tertiary/aromatic N) is 3. The second kappa shape index (κ2) is 9.12. The topological polar surface area (TPSA) is 147 Å². The number of piperidine rings is 1. The SMILES string of the molecule is NS(=O)(=O)N(CC1(Sc2ccccc2)CCN(C(=O)O)CC1)c1ccccc1[N+](=O)[O-]. The van der Waals surface area contributed by atoms with Gasteiger partial charge in [0, 0.05) is 28.8 Å². The number of hydrogen-bond acceptors (Lipinski definition) is 6. The van der Waals surface area contributed by atoms with Crippen LogP contribution in [0.2, 0.25) is 0 Å². The van der Waals surface area contributed by atoms with Crippen LogP contribution < -0.4 is 9.44 Å². The second-order valence-electron chi connectivity index (χ2n) is 7.17. The number of thioether (sulfide) groups is 1. The van der Waals surface area contributed by atoms with E-state index in [1.807, 2.05) is 30.3 Å². The van der Waals surface area contributed by atoms with Gasteiger partial charge in [0.05, 0.1) is 11.5 Å². The Labute approximate surface area is 184 Å². The minimum absolute atomic E-state index is 0.122. The number of hydrogen-bond donors (Lipinski definition) is 2. The van der Waals surface area contributed by atoms with Crippen LogP contribution in [0.25, 0.3) is 0 Å². The van der Waals surface area contributed by atoms with Crippen molar-refractivity contribution < 1.29 is 23.2 Å². The minimum Gasteiger partial charge on any atom is -0.465 e. The molecule has 0 aromatic heterocycles. The van der Waals surface area contributed by atoms with E-state index in [0.717, 1.165) is 9.20 Å². The zero-order valence-corrected chi connectivity index (χ0v) is 18.1. The number of carbonyl (C=O) groups is 1. The zero-order valence-electron chi connectivity index (χ0n) is 16.5. The molecule has 10 nitrogen and oxygen atoms in total. The van der Waals surface area contributed by atoms with Crippen molar-refractivity contribution >= 4 is 39.4 Å². The third-order valence-electron chi connectivity index (χ3n) is 5.11. The van der Waals surface area contributed by atoms with Gasteiger partial charge in [-0.15, -0.1) is 11.8 Å². The average Bonchev–Trinajstić information content (AvgIpc) is 2.72. The predicted octanol–water partition coefficient (Wildman–Crippen LogP) is 2.91. The fourth-order valence-electron chi connectivity index (χ4n) is 3.54. The summed E-state index contributed by atoms with van der Waals surface area (Å²) in [6, 6.07) is 14.8. The molecule has 1 saturated heterocycles. The molecule has 12 heteroatoms. The first-order chi connectivity index (χ1) is 14.6. The molecular formula is C19H22N4O6S2. The number of rotatable bonds is 7. The Hall–Kier alpha value is -2.83.